The van der Waals surface area contributed by atoms with Crippen LogP contribution < -0.4 is 10.6 Å². The first kappa shape index (κ1) is 18.2. The zero-order valence-corrected chi connectivity index (χ0v) is 14.1. The Bertz CT molecular complexity index is 563. The van der Waals surface area contributed by atoms with Crippen LogP contribution in [0.3, 0.4) is 0 Å². The molecule has 6 nitrogen and oxygen atoms in total. The molecule has 0 bridgehead atoms. The van der Waals surface area contributed by atoms with E-state index in [2.05, 4.69) is 15.5 Å². The highest BCUT2D eigenvalue weighted by molar-refractivity contribution is 5.92. The van der Waals surface area contributed by atoms with Crippen LogP contribution in [0.5, 0.6) is 0 Å². The summed E-state index contributed by atoms with van der Waals surface area (Å²) in [6.45, 7) is 6.67. The van der Waals surface area contributed by atoms with E-state index in [9.17, 15) is 9.59 Å². The van der Waals surface area contributed by atoms with Gasteiger partial charge in [0.2, 0.25) is 11.8 Å². The largest absolute Gasteiger partial charge is 0.379 e. The van der Waals surface area contributed by atoms with Crippen molar-refractivity contribution in [2.24, 2.45) is 0 Å². The Balaban J connectivity index is 1.65. The van der Waals surface area contributed by atoms with Gasteiger partial charge in [-0.3, -0.25) is 14.5 Å². The number of nitrogens with one attached hydrogen (secondary N) is 2. The van der Waals surface area contributed by atoms with Crippen LogP contribution in [0.2, 0.25) is 0 Å². The first-order valence-electron chi connectivity index (χ1n) is 8.27. The van der Waals surface area contributed by atoms with Gasteiger partial charge in [0.1, 0.15) is 0 Å². The normalized spacial score (nSPS) is 15.4. The highest BCUT2D eigenvalue weighted by Gasteiger charge is 2.09. The number of benzene rings is 1. The second-order valence-electron chi connectivity index (χ2n) is 5.74. The summed E-state index contributed by atoms with van der Waals surface area (Å²) in [5, 5.41) is 5.59. The Hall–Kier alpha value is -2.18. The van der Waals surface area contributed by atoms with Crippen molar-refractivity contribution in [3.05, 3.63) is 35.9 Å². The van der Waals surface area contributed by atoms with Crippen molar-refractivity contribution in [1.29, 1.82) is 0 Å². The summed E-state index contributed by atoms with van der Waals surface area (Å²) in [6.07, 6.45) is 4.22. The van der Waals surface area contributed by atoms with Crippen LogP contribution in [0.15, 0.2) is 30.3 Å². The molecular formula is C18H25N3O3. The average Bonchev–Trinajstić information content (AvgIpc) is 2.58. The van der Waals surface area contributed by atoms with Gasteiger partial charge in [-0.05, 0) is 36.7 Å². The first-order valence-corrected chi connectivity index (χ1v) is 8.27. The van der Waals surface area contributed by atoms with Crippen molar-refractivity contribution < 1.29 is 14.3 Å². The van der Waals surface area contributed by atoms with E-state index in [1.165, 1.54) is 13.0 Å². The van der Waals surface area contributed by atoms with Crippen molar-refractivity contribution in [2.45, 2.75) is 13.3 Å². The van der Waals surface area contributed by atoms with Gasteiger partial charge in [-0.15, -0.1) is 0 Å². The highest BCUT2D eigenvalue weighted by Crippen LogP contribution is 2.10. The van der Waals surface area contributed by atoms with Crippen LogP contribution in [0.25, 0.3) is 6.08 Å². The lowest BCUT2D eigenvalue weighted by Crippen LogP contribution is -2.38. The van der Waals surface area contributed by atoms with Crippen LogP contribution >= 0.6 is 0 Å². The Labute approximate surface area is 142 Å². The molecule has 24 heavy (non-hydrogen) atoms. The number of anilines is 1. The molecule has 1 aromatic rings. The maximum atomic E-state index is 11.8. The van der Waals surface area contributed by atoms with E-state index in [0.29, 0.717) is 6.54 Å². The van der Waals surface area contributed by atoms with E-state index in [1.807, 2.05) is 12.1 Å². The van der Waals surface area contributed by atoms with Crippen molar-refractivity contribution in [3.8, 4) is 0 Å². The van der Waals surface area contributed by atoms with Gasteiger partial charge in [0.15, 0.2) is 0 Å². The molecule has 2 amide bonds. The Morgan fingerprint density at radius 1 is 1.21 bits per heavy atom. The fourth-order valence-corrected chi connectivity index (χ4v) is 2.45. The molecule has 130 valence electrons. The lowest BCUT2D eigenvalue weighted by molar-refractivity contribution is -0.116. The van der Waals surface area contributed by atoms with E-state index in [4.69, 9.17) is 4.74 Å². The first-order chi connectivity index (χ1) is 11.6. The Morgan fingerprint density at radius 2 is 1.92 bits per heavy atom. The van der Waals surface area contributed by atoms with E-state index in [0.717, 1.165) is 50.5 Å². The predicted molar refractivity (Wildman–Crippen MR) is 94.7 cm³/mol. The summed E-state index contributed by atoms with van der Waals surface area (Å²) in [6, 6.07) is 7.32. The second-order valence-corrected chi connectivity index (χ2v) is 5.74. The molecule has 2 N–H and O–H groups in total. The van der Waals surface area contributed by atoms with Crippen LogP contribution in [-0.2, 0) is 14.3 Å². The summed E-state index contributed by atoms with van der Waals surface area (Å²) in [7, 11) is 0. The van der Waals surface area contributed by atoms with Crippen LogP contribution in [0.4, 0.5) is 5.69 Å². The van der Waals surface area contributed by atoms with Gasteiger partial charge in [-0.1, -0.05) is 12.1 Å². The molecule has 0 aromatic heterocycles. The third kappa shape index (κ3) is 6.93. The van der Waals surface area contributed by atoms with E-state index < -0.39 is 0 Å². The summed E-state index contributed by atoms with van der Waals surface area (Å²) >= 11 is 0. The lowest BCUT2D eigenvalue weighted by Gasteiger charge is -2.26. The summed E-state index contributed by atoms with van der Waals surface area (Å²) in [5.41, 5.74) is 1.65. The molecule has 1 aliphatic heterocycles. The van der Waals surface area contributed by atoms with Gasteiger partial charge in [-0.25, -0.2) is 0 Å². The van der Waals surface area contributed by atoms with E-state index in [1.54, 1.807) is 18.2 Å². The highest BCUT2D eigenvalue weighted by atomic mass is 16.5. The van der Waals surface area contributed by atoms with Gasteiger partial charge in [0, 0.05) is 38.3 Å². The summed E-state index contributed by atoms with van der Waals surface area (Å²) in [4.78, 5) is 25.1. The monoisotopic (exact) mass is 331 g/mol. The van der Waals surface area contributed by atoms with E-state index in [-0.39, 0.29) is 11.8 Å². The zero-order chi connectivity index (χ0) is 17.2. The van der Waals surface area contributed by atoms with E-state index >= 15 is 0 Å². The minimum Gasteiger partial charge on any atom is -0.379 e. The minimum atomic E-state index is -0.102. The fourth-order valence-electron chi connectivity index (χ4n) is 2.45. The van der Waals surface area contributed by atoms with Crippen molar-refractivity contribution in [2.75, 3.05) is 44.7 Å². The Morgan fingerprint density at radius 3 is 2.58 bits per heavy atom. The van der Waals surface area contributed by atoms with Crippen LogP contribution in [-0.4, -0.2) is 56.1 Å². The number of ether oxygens (including phenoxy) is 1. The molecule has 1 fully saturated rings. The van der Waals surface area contributed by atoms with Gasteiger partial charge in [0.25, 0.3) is 0 Å². The molecule has 0 unspecified atom stereocenters. The molecule has 1 aromatic carbocycles. The van der Waals surface area contributed by atoms with Crippen LogP contribution in [0.1, 0.15) is 18.9 Å². The SMILES string of the molecule is CC(=O)Nc1ccc(/C=C/C(=O)NCCCN2CCOCC2)cc1. The number of hydrogen-bond acceptors (Lipinski definition) is 4. The number of hydrogen-bond donors (Lipinski definition) is 2. The maximum absolute atomic E-state index is 11.8. The number of carbonyl (C=O) groups excluding carboxylic acids is 2. The molecule has 0 radical (unpaired) electrons. The van der Waals surface area contributed by atoms with Crippen LogP contribution in [0, 0.1) is 0 Å². The molecule has 2 rings (SSSR count). The minimum absolute atomic E-state index is 0.0945. The summed E-state index contributed by atoms with van der Waals surface area (Å²) in [5.74, 6) is -0.197. The average molecular weight is 331 g/mol. The fraction of sp³-hybridized carbons (Fsp3) is 0.444. The number of carbonyl (C=O) groups is 2. The van der Waals surface area contributed by atoms with Crippen molar-refractivity contribution in [3.63, 3.8) is 0 Å². The molecule has 1 saturated heterocycles. The third-order valence-electron chi connectivity index (χ3n) is 3.71. The smallest absolute Gasteiger partial charge is 0.243 e. The molecule has 6 heteroatoms. The van der Waals surface area contributed by atoms with Gasteiger partial charge in [-0.2, -0.15) is 0 Å². The quantitative estimate of drug-likeness (QED) is 0.587. The van der Waals surface area contributed by atoms with Crippen molar-refractivity contribution in [1.82, 2.24) is 10.2 Å². The molecule has 1 heterocycles. The third-order valence-corrected chi connectivity index (χ3v) is 3.71. The van der Waals surface area contributed by atoms with Gasteiger partial charge in [0.05, 0.1) is 13.2 Å². The zero-order valence-electron chi connectivity index (χ0n) is 14.1. The molecule has 1 aliphatic rings. The van der Waals surface area contributed by atoms with Crippen molar-refractivity contribution >= 4 is 23.6 Å². The predicted octanol–water partition coefficient (Wildman–Crippen LogP) is 1.50. The standard InChI is InChI=1S/C18H25N3O3/c1-15(22)20-17-6-3-16(4-7-17)5-8-18(23)19-9-2-10-21-11-13-24-14-12-21/h3-8H,2,9-14H2,1H3,(H,19,23)(H,20,22)/b8-5+. The number of nitrogens with zero attached hydrogens (tertiary/aromatic N) is 1. The number of amides is 2. The second kappa shape index (κ2) is 9.85. The molecule has 0 spiro atoms. The van der Waals surface area contributed by atoms with Gasteiger partial charge >= 0.3 is 0 Å². The Kier molecular flexibility index (Phi) is 7.45. The summed E-state index contributed by atoms with van der Waals surface area (Å²) < 4.78 is 5.30. The maximum Gasteiger partial charge on any atom is 0.243 e. The number of rotatable bonds is 7. The topological polar surface area (TPSA) is 70.7 Å². The molecular weight excluding hydrogens is 306 g/mol. The molecule has 0 saturated carbocycles. The molecule has 0 aliphatic carbocycles. The number of morpholine rings is 1. The lowest BCUT2D eigenvalue weighted by atomic mass is 10.2. The molecule has 0 atom stereocenters. The van der Waals surface area contributed by atoms with Gasteiger partial charge < -0.3 is 15.4 Å².